The number of thiazole rings is 1. The SMILES string of the molecule is CC1(C)c2cc(-c3cccc4c3sc3c(-c5nc(-c6ccccc6)nc(-c6ccccc6)n5)cccc34)ccc2-c2ccc3sc(-c4ccccc4)nc3c21. The van der Waals surface area contributed by atoms with Crippen molar-refractivity contribution in [1.29, 1.82) is 0 Å². The van der Waals surface area contributed by atoms with Crippen LogP contribution in [0.3, 0.4) is 0 Å². The van der Waals surface area contributed by atoms with Gasteiger partial charge in [-0.25, -0.2) is 19.9 Å². The highest BCUT2D eigenvalue weighted by atomic mass is 32.1. The van der Waals surface area contributed by atoms with E-state index in [0.29, 0.717) is 17.5 Å². The van der Waals surface area contributed by atoms with Gasteiger partial charge in [0.2, 0.25) is 0 Å². The summed E-state index contributed by atoms with van der Waals surface area (Å²) in [4.78, 5) is 20.4. The second-order valence-corrected chi connectivity index (χ2v) is 16.7. The molecule has 260 valence electrons. The van der Waals surface area contributed by atoms with Gasteiger partial charge in [-0.15, -0.1) is 22.7 Å². The first-order chi connectivity index (χ1) is 27.0. The summed E-state index contributed by atoms with van der Waals surface area (Å²) < 4.78 is 3.66. The lowest BCUT2D eigenvalue weighted by Crippen LogP contribution is -2.15. The van der Waals surface area contributed by atoms with Crippen molar-refractivity contribution in [3.05, 3.63) is 169 Å². The molecule has 10 aromatic rings. The normalized spacial score (nSPS) is 13.1. The van der Waals surface area contributed by atoms with E-state index in [1.54, 1.807) is 11.3 Å². The Balaban J connectivity index is 1.05. The summed E-state index contributed by atoms with van der Waals surface area (Å²) in [6.07, 6.45) is 0. The first-order valence-corrected chi connectivity index (χ1v) is 20.1. The van der Waals surface area contributed by atoms with Crippen LogP contribution in [0.1, 0.15) is 25.0 Å². The molecule has 0 unspecified atom stereocenters. The lowest BCUT2D eigenvalue weighted by atomic mass is 9.81. The van der Waals surface area contributed by atoms with Gasteiger partial charge < -0.3 is 0 Å². The van der Waals surface area contributed by atoms with E-state index in [9.17, 15) is 0 Å². The smallest absolute Gasteiger partial charge is 0.165 e. The summed E-state index contributed by atoms with van der Waals surface area (Å²) in [5, 5.41) is 3.51. The zero-order valence-corrected chi connectivity index (χ0v) is 31.7. The Morgan fingerprint density at radius 1 is 0.418 bits per heavy atom. The van der Waals surface area contributed by atoms with Crippen LogP contribution in [-0.4, -0.2) is 19.9 Å². The van der Waals surface area contributed by atoms with Gasteiger partial charge in [0.1, 0.15) is 5.01 Å². The molecule has 0 fully saturated rings. The van der Waals surface area contributed by atoms with E-state index in [-0.39, 0.29) is 5.41 Å². The molecule has 0 amide bonds. The minimum atomic E-state index is -0.213. The molecule has 4 nitrogen and oxygen atoms in total. The van der Waals surface area contributed by atoms with Gasteiger partial charge >= 0.3 is 0 Å². The molecule has 0 aliphatic heterocycles. The summed E-state index contributed by atoms with van der Waals surface area (Å²) in [7, 11) is 0. The van der Waals surface area contributed by atoms with Crippen LogP contribution in [0.2, 0.25) is 0 Å². The summed E-state index contributed by atoms with van der Waals surface area (Å²) in [6, 6.07) is 55.7. The molecule has 1 aliphatic rings. The number of aromatic nitrogens is 4. The van der Waals surface area contributed by atoms with Crippen molar-refractivity contribution in [2.24, 2.45) is 0 Å². The summed E-state index contributed by atoms with van der Waals surface area (Å²) >= 11 is 3.60. The second kappa shape index (κ2) is 12.4. The third-order valence-corrected chi connectivity index (χ3v) is 13.3. The van der Waals surface area contributed by atoms with Gasteiger partial charge in [-0.2, -0.15) is 0 Å². The maximum absolute atomic E-state index is 5.26. The average Bonchev–Trinajstić information content (AvgIpc) is 3.92. The second-order valence-electron chi connectivity index (χ2n) is 14.6. The predicted octanol–water partition coefficient (Wildman–Crippen LogP) is 13.5. The molecule has 6 heteroatoms. The Morgan fingerprint density at radius 2 is 0.982 bits per heavy atom. The maximum Gasteiger partial charge on any atom is 0.165 e. The fourth-order valence-corrected chi connectivity index (χ4v) is 10.6. The van der Waals surface area contributed by atoms with Gasteiger partial charge in [-0.1, -0.05) is 153 Å². The molecular formula is C49H32N4S2. The molecule has 0 atom stereocenters. The molecule has 7 aromatic carbocycles. The number of thiophene rings is 1. The first-order valence-electron chi connectivity index (χ1n) is 18.5. The summed E-state index contributed by atoms with van der Waals surface area (Å²) in [5.74, 6) is 2.00. The summed E-state index contributed by atoms with van der Waals surface area (Å²) in [5.41, 5.74) is 12.7. The van der Waals surface area contributed by atoms with E-state index in [2.05, 4.69) is 135 Å². The van der Waals surface area contributed by atoms with Crippen molar-refractivity contribution in [3.8, 4) is 67.0 Å². The van der Waals surface area contributed by atoms with Crippen LogP contribution in [0.4, 0.5) is 0 Å². The third-order valence-electron chi connectivity index (χ3n) is 11.0. The van der Waals surface area contributed by atoms with Crippen molar-refractivity contribution >= 4 is 53.1 Å². The van der Waals surface area contributed by atoms with Gasteiger partial charge in [-0.3, -0.25) is 0 Å². The number of nitrogens with zero attached hydrogens (tertiary/aromatic N) is 4. The molecule has 0 bridgehead atoms. The number of fused-ring (bicyclic) bond motifs is 8. The molecule has 0 saturated heterocycles. The van der Waals surface area contributed by atoms with Gasteiger partial charge in [0, 0.05) is 47.8 Å². The Bertz CT molecular complexity index is 3050. The van der Waals surface area contributed by atoms with Crippen molar-refractivity contribution in [2.45, 2.75) is 19.3 Å². The van der Waals surface area contributed by atoms with Crippen molar-refractivity contribution in [2.75, 3.05) is 0 Å². The number of hydrogen-bond donors (Lipinski definition) is 0. The maximum atomic E-state index is 5.26. The Labute approximate surface area is 326 Å². The van der Waals surface area contributed by atoms with Crippen molar-refractivity contribution in [3.63, 3.8) is 0 Å². The largest absolute Gasteiger partial charge is 0.236 e. The molecule has 3 heterocycles. The molecular weight excluding hydrogens is 709 g/mol. The van der Waals surface area contributed by atoms with E-state index in [0.717, 1.165) is 32.8 Å². The van der Waals surface area contributed by atoms with Crippen LogP contribution in [0.15, 0.2) is 158 Å². The van der Waals surface area contributed by atoms with Gasteiger partial charge in [0.25, 0.3) is 0 Å². The number of hydrogen-bond acceptors (Lipinski definition) is 6. The lowest BCUT2D eigenvalue weighted by molar-refractivity contribution is 0.665. The average molecular weight is 741 g/mol. The van der Waals surface area contributed by atoms with Crippen LogP contribution in [0, 0.1) is 0 Å². The van der Waals surface area contributed by atoms with Crippen LogP contribution in [0.25, 0.3) is 97.4 Å². The third kappa shape index (κ3) is 5.09. The highest BCUT2D eigenvalue weighted by molar-refractivity contribution is 7.26. The van der Waals surface area contributed by atoms with E-state index in [1.165, 1.54) is 58.3 Å². The minimum Gasteiger partial charge on any atom is -0.236 e. The monoisotopic (exact) mass is 740 g/mol. The van der Waals surface area contributed by atoms with Crippen LogP contribution >= 0.6 is 22.7 Å². The van der Waals surface area contributed by atoms with Crippen molar-refractivity contribution in [1.82, 2.24) is 19.9 Å². The topological polar surface area (TPSA) is 51.6 Å². The molecule has 0 spiro atoms. The van der Waals surface area contributed by atoms with Crippen LogP contribution in [0.5, 0.6) is 0 Å². The van der Waals surface area contributed by atoms with Gasteiger partial charge in [-0.05, 0) is 51.6 Å². The molecule has 11 rings (SSSR count). The molecule has 55 heavy (non-hydrogen) atoms. The molecule has 3 aromatic heterocycles. The summed E-state index contributed by atoms with van der Waals surface area (Å²) in [6.45, 7) is 4.72. The van der Waals surface area contributed by atoms with Gasteiger partial charge in [0.15, 0.2) is 17.5 Å². The number of rotatable bonds is 5. The standard InChI is InChI=1S/C49H32N4S2/c1-49(2)39-28-32(24-25-34(39)35-26-27-40-42(41(35)49)50-48(54-40)31-18-10-5-11-19-31)33-20-12-21-36-37-22-13-23-38(44(37)55-43(33)36)47-52-45(29-14-6-3-7-15-29)51-46(53-47)30-16-8-4-9-17-30/h3-28H,1-2H3. The molecule has 0 radical (unpaired) electrons. The fourth-order valence-electron chi connectivity index (χ4n) is 8.31. The highest BCUT2D eigenvalue weighted by Crippen LogP contribution is 2.53. The van der Waals surface area contributed by atoms with E-state index in [1.807, 2.05) is 47.7 Å². The Morgan fingerprint density at radius 3 is 1.64 bits per heavy atom. The van der Waals surface area contributed by atoms with Crippen molar-refractivity contribution < 1.29 is 0 Å². The zero-order valence-electron chi connectivity index (χ0n) is 30.1. The van der Waals surface area contributed by atoms with E-state index >= 15 is 0 Å². The number of benzene rings is 7. The van der Waals surface area contributed by atoms with Crippen LogP contribution in [-0.2, 0) is 5.41 Å². The Kier molecular flexibility index (Phi) is 7.21. The molecule has 1 aliphatic carbocycles. The lowest BCUT2D eigenvalue weighted by Gasteiger charge is -2.22. The van der Waals surface area contributed by atoms with E-state index in [4.69, 9.17) is 19.9 Å². The zero-order chi connectivity index (χ0) is 36.7. The van der Waals surface area contributed by atoms with E-state index < -0.39 is 0 Å². The fraction of sp³-hybridized carbons (Fsp3) is 0.0612. The predicted molar refractivity (Wildman–Crippen MR) is 231 cm³/mol. The Hall–Kier alpha value is -6.34. The first kappa shape index (κ1) is 32.1. The molecule has 0 N–H and O–H groups in total. The quantitative estimate of drug-likeness (QED) is 0.176. The minimum absolute atomic E-state index is 0.213. The van der Waals surface area contributed by atoms with Crippen LogP contribution < -0.4 is 0 Å². The van der Waals surface area contributed by atoms with Gasteiger partial charge in [0.05, 0.1) is 10.2 Å². The molecule has 0 saturated carbocycles. The highest BCUT2D eigenvalue weighted by Gasteiger charge is 2.38.